The minimum Gasteiger partial charge on any atom is -0.329 e. The summed E-state index contributed by atoms with van der Waals surface area (Å²) in [6, 6.07) is 9.42. The van der Waals surface area contributed by atoms with E-state index in [0.717, 1.165) is 0 Å². The topological polar surface area (TPSA) is 91.1 Å². The van der Waals surface area contributed by atoms with Gasteiger partial charge in [-0.1, -0.05) is 0 Å². The molecule has 2 rings (SSSR count). The number of aromatic amines is 1. The van der Waals surface area contributed by atoms with E-state index in [0.29, 0.717) is 11.4 Å². The van der Waals surface area contributed by atoms with E-state index in [-0.39, 0.29) is 22.9 Å². The molecule has 0 unspecified atom stereocenters. The molecule has 6 nitrogen and oxygen atoms in total. The zero-order valence-corrected chi connectivity index (χ0v) is 10.8. The summed E-state index contributed by atoms with van der Waals surface area (Å²) in [4.78, 5) is 36.3. The summed E-state index contributed by atoms with van der Waals surface area (Å²) in [5.41, 5.74) is 1.16. The lowest BCUT2D eigenvalue weighted by Gasteiger charge is -2.06. The Bertz CT molecular complexity index is 689. The molecular weight excluding hydrogens is 258 g/mol. The molecule has 3 N–H and O–H groups in total. The molecule has 20 heavy (non-hydrogen) atoms. The second-order valence-corrected chi connectivity index (χ2v) is 4.15. The fourth-order valence-corrected chi connectivity index (χ4v) is 1.63. The highest BCUT2D eigenvalue weighted by Gasteiger charge is 2.06. The first-order valence-electron chi connectivity index (χ1n) is 5.92. The van der Waals surface area contributed by atoms with Crippen LogP contribution in [-0.2, 0) is 4.79 Å². The zero-order valence-electron chi connectivity index (χ0n) is 10.8. The molecule has 1 aromatic carbocycles. The molecule has 6 heteroatoms. The van der Waals surface area contributed by atoms with Crippen LogP contribution in [0.3, 0.4) is 0 Å². The highest BCUT2D eigenvalue weighted by Crippen LogP contribution is 2.14. The van der Waals surface area contributed by atoms with Crippen molar-refractivity contribution >= 4 is 23.2 Å². The fourth-order valence-electron chi connectivity index (χ4n) is 1.63. The number of aromatic nitrogens is 1. The SMILES string of the molecule is CC(=O)Nc1ccc(NC(=O)c2cc[nH]c(=O)c2)cc1. The van der Waals surface area contributed by atoms with Gasteiger partial charge in [-0.05, 0) is 30.3 Å². The van der Waals surface area contributed by atoms with Gasteiger partial charge in [-0.15, -0.1) is 0 Å². The molecule has 0 fully saturated rings. The molecule has 0 aliphatic heterocycles. The molecule has 0 spiro atoms. The van der Waals surface area contributed by atoms with Crippen molar-refractivity contribution in [1.82, 2.24) is 4.98 Å². The molecule has 102 valence electrons. The Morgan fingerprint density at radius 1 is 1.00 bits per heavy atom. The van der Waals surface area contributed by atoms with Crippen LogP contribution in [0.25, 0.3) is 0 Å². The smallest absolute Gasteiger partial charge is 0.255 e. The number of carbonyl (C=O) groups is 2. The van der Waals surface area contributed by atoms with Gasteiger partial charge in [-0.2, -0.15) is 0 Å². The third kappa shape index (κ3) is 3.55. The van der Waals surface area contributed by atoms with Crippen LogP contribution in [0.1, 0.15) is 17.3 Å². The first-order chi connectivity index (χ1) is 9.54. The van der Waals surface area contributed by atoms with E-state index < -0.39 is 0 Å². The molecule has 2 aromatic rings. The normalized spacial score (nSPS) is 9.85. The molecular formula is C14H13N3O3. The van der Waals surface area contributed by atoms with E-state index in [4.69, 9.17) is 0 Å². The second-order valence-electron chi connectivity index (χ2n) is 4.15. The van der Waals surface area contributed by atoms with Gasteiger partial charge in [0.25, 0.3) is 5.91 Å². The predicted molar refractivity (Wildman–Crippen MR) is 75.8 cm³/mol. The van der Waals surface area contributed by atoms with Gasteiger partial charge in [-0.3, -0.25) is 14.4 Å². The van der Waals surface area contributed by atoms with Crippen LogP contribution in [0.2, 0.25) is 0 Å². The molecule has 0 aliphatic rings. The average Bonchev–Trinajstić information content (AvgIpc) is 2.40. The molecule has 0 bridgehead atoms. The summed E-state index contributed by atoms with van der Waals surface area (Å²) in [6.07, 6.45) is 1.41. The Hall–Kier alpha value is -2.89. The molecule has 2 amide bonds. The van der Waals surface area contributed by atoms with Crippen molar-refractivity contribution in [3.8, 4) is 0 Å². The number of amides is 2. The standard InChI is InChI=1S/C14H13N3O3/c1-9(18)16-11-2-4-12(5-3-11)17-14(20)10-6-7-15-13(19)8-10/h2-8H,1H3,(H,15,19)(H,16,18)(H,17,20). The number of carbonyl (C=O) groups excluding carboxylic acids is 2. The quantitative estimate of drug-likeness (QED) is 0.791. The molecule has 0 aliphatic carbocycles. The first-order valence-corrected chi connectivity index (χ1v) is 5.92. The number of rotatable bonds is 3. The van der Waals surface area contributed by atoms with Gasteiger partial charge in [0.1, 0.15) is 0 Å². The number of hydrogen-bond donors (Lipinski definition) is 3. The summed E-state index contributed by atoms with van der Waals surface area (Å²) in [7, 11) is 0. The van der Waals surface area contributed by atoms with Crippen LogP contribution >= 0.6 is 0 Å². The molecule has 0 saturated heterocycles. The highest BCUT2D eigenvalue weighted by atomic mass is 16.2. The Morgan fingerprint density at radius 3 is 2.15 bits per heavy atom. The summed E-state index contributed by atoms with van der Waals surface area (Å²) in [6.45, 7) is 1.42. The number of pyridine rings is 1. The van der Waals surface area contributed by atoms with Crippen molar-refractivity contribution in [3.05, 3.63) is 58.5 Å². The van der Waals surface area contributed by atoms with Gasteiger partial charge in [0.15, 0.2) is 0 Å². The van der Waals surface area contributed by atoms with Crippen LogP contribution in [0, 0.1) is 0 Å². The van der Waals surface area contributed by atoms with E-state index in [1.165, 1.54) is 25.3 Å². The monoisotopic (exact) mass is 271 g/mol. The van der Waals surface area contributed by atoms with Gasteiger partial charge in [-0.25, -0.2) is 0 Å². The van der Waals surface area contributed by atoms with Gasteiger partial charge >= 0.3 is 0 Å². The van der Waals surface area contributed by atoms with E-state index in [9.17, 15) is 14.4 Å². The maximum atomic E-state index is 11.9. The lowest BCUT2D eigenvalue weighted by molar-refractivity contribution is -0.114. The Morgan fingerprint density at radius 2 is 1.60 bits per heavy atom. The molecule has 0 saturated carbocycles. The van der Waals surface area contributed by atoms with Crippen LogP contribution in [-0.4, -0.2) is 16.8 Å². The lowest BCUT2D eigenvalue weighted by Crippen LogP contribution is -2.15. The Labute approximate surface area is 114 Å². The molecule has 1 heterocycles. The summed E-state index contributed by atoms with van der Waals surface area (Å²) >= 11 is 0. The number of anilines is 2. The summed E-state index contributed by atoms with van der Waals surface area (Å²) in [5, 5.41) is 5.29. The van der Waals surface area contributed by atoms with Crippen LogP contribution < -0.4 is 16.2 Å². The van der Waals surface area contributed by atoms with Gasteiger partial charge in [0.2, 0.25) is 11.5 Å². The van der Waals surface area contributed by atoms with E-state index in [2.05, 4.69) is 15.6 Å². The van der Waals surface area contributed by atoms with E-state index in [1.807, 2.05) is 0 Å². The molecule has 0 radical (unpaired) electrons. The van der Waals surface area contributed by atoms with Crippen molar-refractivity contribution in [2.45, 2.75) is 6.92 Å². The van der Waals surface area contributed by atoms with Crippen LogP contribution in [0.5, 0.6) is 0 Å². The predicted octanol–water partition coefficient (Wildman–Crippen LogP) is 1.59. The second kappa shape index (κ2) is 5.83. The van der Waals surface area contributed by atoms with Crippen molar-refractivity contribution in [2.75, 3.05) is 10.6 Å². The number of H-pyrrole nitrogens is 1. The largest absolute Gasteiger partial charge is 0.329 e. The molecule has 1 aromatic heterocycles. The highest BCUT2D eigenvalue weighted by molar-refractivity contribution is 6.04. The maximum absolute atomic E-state index is 11.9. The molecule has 0 atom stereocenters. The summed E-state index contributed by atoms with van der Waals surface area (Å²) in [5.74, 6) is -0.534. The number of benzene rings is 1. The van der Waals surface area contributed by atoms with E-state index in [1.54, 1.807) is 24.3 Å². The van der Waals surface area contributed by atoms with Gasteiger partial charge < -0.3 is 15.6 Å². The minimum absolute atomic E-state index is 0.162. The van der Waals surface area contributed by atoms with Crippen LogP contribution in [0.4, 0.5) is 11.4 Å². The summed E-state index contributed by atoms with van der Waals surface area (Å²) < 4.78 is 0. The minimum atomic E-state index is -0.372. The third-order valence-corrected chi connectivity index (χ3v) is 2.50. The Kier molecular flexibility index (Phi) is 3.95. The first kappa shape index (κ1) is 13.5. The fraction of sp³-hybridized carbons (Fsp3) is 0.0714. The van der Waals surface area contributed by atoms with Gasteiger partial charge in [0, 0.05) is 36.1 Å². The van der Waals surface area contributed by atoms with Gasteiger partial charge in [0.05, 0.1) is 0 Å². The van der Waals surface area contributed by atoms with E-state index >= 15 is 0 Å². The third-order valence-electron chi connectivity index (χ3n) is 2.50. The number of hydrogen-bond acceptors (Lipinski definition) is 3. The van der Waals surface area contributed by atoms with Crippen molar-refractivity contribution < 1.29 is 9.59 Å². The number of nitrogens with one attached hydrogen (secondary N) is 3. The van der Waals surface area contributed by atoms with Crippen molar-refractivity contribution in [2.24, 2.45) is 0 Å². The maximum Gasteiger partial charge on any atom is 0.255 e. The van der Waals surface area contributed by atoms with Crippen molar-refractivity contribution in [3.63, 3.8) is 0 Å². The lowest BCUT2D eigenvalue weighted by atomic mass is 10.2. The van der Waals surface area contributed by atoms with Crippen LogP contribution in [0.15, 0.2) is 47.4 Å². The zero-order chi connectivity index (χ0) is 14.5. The Balaban J connectivity index is 2.08. The average molecular weight is 271 g/mol. The van der Waals surface area contributed by atoms with Crippen molar-refractivity contribution in [1.29, 1.82) is 0 Å².